The van der Waals surface area contributed by atoms with Crippen LogP contribution in [0.25, 0.3) is 0 Å². The smallest absolute Gasteiger partial charge is 0.506 e. The zero-order valence-electron chi connectivity index (χ0n) is 8.21. The molecule has 1 aromatic carbocycles. The fraction of sp³-hybridized carbons (Fsp3) is 0.222. The Balaban J connectivity index is 2.90. The molecule has 1 aromatic rings. The van der Waals surface area contributed by atoms with E-state index in [1.807, 2.05) is 0 Å². The maximum Gasteiger partial charge on any atom is 0.573 e. The Bertz CT molecular complexity index is 422. The summed E-state index contributed by atoms with van der Waals surface area (Å²) in [5.74, 6) is -1.39. The number of ether oxygens (including phenoxy) is 1. The van der Waals surface area contributed by atoms with Crippen LogP contribution in [0.1, 0.15) is 0 Å². The van der Waals surface area contributed by atoms with E-state index >= 15 is 0 Å². The van der Waals surface area contributed by atoms with E-state index in [0.29, 0.717) is 0 Å². The Kier molecular flexibility index (Phi) is 4.22. The van der Waals surface area contributed by atoms with Gasteiger partial charge in [-0.15, -0.1) is 13.2 Å². The third-order valence-electron chi connectivity index (χ3n) is 1.60. The molecule has 0 saturated carbocycles. The number of alkyl halides is 4. The van der Waals surface area contributed by atoms with Gasteiger partial charge in [-0.3, -0.25) is 4.79 Å². The van der Waals surface area contributed by atoms with Gasteiger partial charge in [0.2, 0.25) is 5.91 Å². The van der Waals surface area contributed by atoms with Crippen molar-refractivity contribution in [1.29, 1.82) is 0 Å². The molecule has 0 saturated heterocycles. The fourth-order valence-electron chi connectivity index (χ4n) is 0.996. The number of amides is 1. The lowest BCUT2D eigenvalue weighted by Crippen LogP contribution is -2.17. The molecule has 0 fully saturated rings. The predicted octanol–water partition coefficient (Wildman–Crippen LogP) is 2.62. The zero-order valence-corrected chi connectivity index (χ0v) is 9.80. The molecule has 94 valence electrons. The van der Waals surface area contributed by atoms with E-state index in [0.717, 1.165) is 18.2 Å². The molecule has 1 amide bonds. The first-order chi connectivity index (χ1) is 7.81. The van der Waals surface area contributed by atoms with Gasteiger partial charge in [0.25, 0.3) is 0 Å². The number of carbonyl (C=O) groups is 1. The van der Waals surface area contributed by atoms with Gasteiger partial charge >= 0.3 is 6.36 Å². The zero-order chi connectivity index (χ0) is 13.1. The third-order valence-corrected chi connectivity index (χ3v) is 2.11. The van der Waals surface area contributed by atoms with Crippen molar-refractivity contribution < 1.29 is 27.8 Å². The second-order valence-electron chi connectivity index (χ2n) is 2.91. The Morgan fingerprint density at radius 2 is 2.12 bits per heavy atom. The van der Waals surface area contributed by atoms with E-state index in [1.54, 1.807) is 0 Å². The first-order valence-corrected chi connectivity index (χ1v) is 5.38. The molecule has 0 aliphatic rings. The van der Waals surface area contributed by atoms with Gasteiger partial charge in [0.05, 0.1) is 11.0 Å². The molecule has 0 atom stereocenters. The lowest BCUT2D eigenvalue weighted by atomic mass is 10.2. The Morgan fingerprint density at radius 1 is 1.47 bits per heavy atom. The van der Waals surface area contributed by atoms with Crippen LogP contribution in [0.5, 0.6) is 11.5 Å². The van der Waals surface area contributed by atoms with Crippen LogP contribution in [0.4, 0.5) is 18.9 Å². The van der Waals surface area contributed by atoms with E-state index < -0.39 is 18.0 Å². The summed E-state index contributed by atoms with van der Waals surface area (Å²) in [7, 11) is 0. The molecular weight excluding hydrogens is 307 g/mol. The van der Waals surface area contributed by atoms with Gasteiger partial charge in [0, 0.05) is 6.07 Å². The average molecular weight is 314 g/mol. The van der Waals surface area contributed by atoms with E-state index in [-0.39, 0.29) is 16.8 Å². The molecule has 0 radical (unpaired) electrons. The van der Waals surface area contributed by atoms with E-state index in [9.17, 15) is 23.1 Å². The number of rotatable bonds is 3. The molecule has 0 aliphatic carbocycles. The number of halogens is 4. The van der Waals surface area contributed by atoms with E-state index in [2.05, 4.69) is 26.0 Å². The molecule has 17 heavy (non-hydrogen) atoms. The molecule has 2 N–H and O–H groups in total. The Labute approximate surface area is 103 Å². The topological polar surface area (TPSA) is 58.6 Å². The highest BCUT2D eigenvalue weighted by molar-refractivity contribution is 9.09. The highest BCUT2D eigenvalue weighted by Gasteiger charge is 2.31. The van der Waals surface area contributed by atoms with Crippen LogP contribution in [0.2, 0.25) is 0 Å². The number of anilines is 1. The molecule has 0 unspecified atom stereocenters. The highest BCUT2D eigenvalue weighted by atomic mass is 79.9. The molecule has 0 spiro atoms. The van der Waals surface area contributed by atoms with Crippen molar-refractivity contribution in [1.82, 2.24) is 0 Å². The molecule has 4 nitrogen and oxygen atoms in total. The summed E-state index contributed by atoms with van der Waals surface area (Å²) in [6, 6.07) is 2.81. The predicted molar refractivity (Wildman–Crippen MR) is 57.2 cm³/mol. The molecule has 0 aromatic heterocycles. The number of aromatic hydroxyl groups is 1. The van der Waals surface area contributed by atoms with Crippen molar-refractivity contribution in [3.63, 3.8) is 0 Å². The van der Waals surface area contributed by atoms with Crippen LogP contribution in [0.3, 0.4) is 0 Å². The lowest BCUT2D eigenvalue weighted by molar-refractivity contribution is -0.274. The second-order valence-corrected chi connectivity index (χ2v) is 3.47. The summed E-state index contributed by atoms with van der Waals surface area (Å²) in [5, 5.41) is 11.5. The van der Waals surface area contributed by atoms with E-state index in [1.165, 1.54) is 0 Å². The van der Waals surface area contributed by atoms with Crippen LogP contribution in [-0.4, -0.2) is 22.7 Å². The standard InChI is InChI=1S/C9H7BrF3NO3/c10-4-8(16)14-6-3-5(1-2-7(6)15)17-9(11,12)13/h1-3,15H,4H2,(H,14,16). The van der Waals surface area contributed by atoms with Crippen LogP contribution in [0.15, 0.2) is 18.2 Å². The number of nitrogens with one attached hydrogen (secondary N) is 1. The molecule has 0 bridgehead atoms. The van der Waals surface area contributed by atoms with Crippen LogP contribution in [0, 0.1) is 0 Å². The van der Waals surface area contributed by atoms with Gasteiger partial charge in [-0.2, -0.15) is 0 Å². The highest BCUT2D eigenvalue weighted by Crippen LogP contribution is 2.31. The average Bonchev–Trinajstić information content (AvgIpc) is 2.20. The normalized spacial score (nSPS) is 11.1. The quantitative estimate of drug-likeness (QED) is 0.666. The second kappa shape index (κ2) is 5.26. The van der Waals surface area contributed by atoms with Crippen molar-refractivity contribution in [2.75, 3.05) is 10.6 Å². The number of hydrogen-bond donors (Lipinski definition) is 2. The van der Waals surface area contributed by atoms with Crippen LogP contribution < -0.4 is 10.1 Å². The van der Waals surface area contributed by atoms with Gasteiger partial charge in [-0.1, -0.05) is 15.9 Å². The molecule has 0 aliphatic heterocycles. The molecular formula is C9H7BrF3NO3. The Hall–Kier alpha value is -1.44. The summed E-state index contributed by atoms with van der Waals surface area (Å²) in [6.07, 6.45) is -4.83. The number of benzene rings is 1. The van der Waals surface area contributed by atoms with Gasteiger partial charge in [0.1, 0.15) is 11.5 Å². The largest absolute Gasteiger partial charge is 0.573 e. The van der Waals surface area contributed by atoms with Crippen LogP contribution in [-0.2, 0) is 4.79 Å². The maximum absolute atomic E-state index is 11.9. The van der Waals surface area contributed by atoms with Gasteiger partial charge in [-0.25, -0.2) is 0 Å². The Morgan fingerprint density at radius 3 is 2.65 bits per heavy atom. The fourth-order valence-corrected chi connectivity index (χ4v) is 1.14. The van der Waals surface area contributed by atoms with Crippen LogP contribution >= 0.6 is 15.9 Å². The van der Waals surface area contributed by atoms with Crippen molar-refractivity contribution in [3.8, 4) is 11.5 Å². The SMILES string of the molecule is O=C(CBr)Nc1cc(OC(F)(F)F)ccc1O. The summed E-state index contributed by atoms with van der Waals surface area (Å²) < 4.78 is 39.4. The molecule has 0 heterocycles. The van der Waals surface area contributed by atoms with Crippen molar-refractivity contribution >= 4 is 27.5 Å². The minimum atomic E-state index is -4.83. The summed E-state index contributed by atoms with van der Waals surface area (Å²) in [5.41, 5.74) is -0.156. The monoisotopic (exact) mass is 313 g/mol. The summed E-state index contributed by atoms with van der Waals surface area (Å²) >= 11 is 2.86. The van der Waals surface area contributed by atoms with Crippen molar-refractivity contribution in [2.45, 2.75) is 6.36 Å². The number of phenols is 1. The minimum Gasteiger partial charge on any atom is -0.506 e. The van der Waals surface area contributed by atoms with Gasteiger partial charge in [-0.05, 0) is 12.1 Å². The number of hydrogen-bond acceptors (Lipinski definition) is 3. The third kappa shape index (κ3) is 4.51. The minimum absolute atomic E-state index is 0.0448. The first kappa shape index (κ1) is 13.6. The van der Waals surface area contributed by atoms with Crippen molar-refractivity contribution in [2.24, 2.45) is 0 Å². The number of carbonyl (C=O) groups excluding carboxylic acids is 1. The summed E-state index contributed by atoms with van der Waals surface area (Å²) in [6.45, 7) is 0. The van der Waals surface area contributed by atoms with Crippen molar-refractivity contribution in [3.05, 3.63) is 18.2 Å². The number of phenolic OH excluding ortho intramolecular Hbond substituents is 1. The molecule has 1 rings (SSSR count). The maximum atomic E-state index is 11.9. The van der Waals surface area contributed by atoms with Gasteiger partial charge in [0.15, 0.2) is 0 Å². The first-order valence-electron chi connectivity index (χ1n) is 4.26. The molecule has 8 heteroatoms. The van der Waals surface area contributed by atoms with Gasteiger partial charge < -0.3 is 15.2 Å². The summed E-state index contributed by atoms with van der Waals surface area (Å²) in [4.78, 5) is 11.0. The lowest BCUT2D eigenvalue weighted by Gasteiger charge is -2.11. The van der Waals surface area contributed by atoms with E-state index in [4.69, 9.17) is 0 Å².